The van der Waals surface area contributed by atoms with Crippen LogP contribution in [0.5, 0.6) is 0 Å². The maximum absolute atomic E-state index is 12.7. The molecule has 0 bridgehead atoms. The fraction of sp³-hybridized carbons (Fsp3) is 0.263. The van der Waals surface area contributed by atoms with E-state index < -0.39 is 22.0 Å². The number of carbonyl (C=O) groups excluding carboxylic acids is 2. The molecule has 27 heavy (non-hydrogen) atoms. The lowest BCUT2D eigenvalue weighted by Crippen LogP contribution is -2.50. The van der Waals surface area contributed by atoms with Crippen molar-refractivity contribution in [3.8, 4) is 0 Å². The van der Waals surface area contributed by atoms with Gasteiger partial charge in [-0.05, 0) is 49.2 Å². The van der Waals surface area contributed by atoms with Crippen LogP contribution in [0.2, 0.25) is 0 Å². The largest absolute Gasteiger partial charge is 0.354 e. The molecule has 1 atom stereocenters. The molecule has 0 aromatic heterocycles. The number of benzene rings is 2. The Balaban J connectivity index is 1.74. The van der Waals surface area contributed by atoms with Gasteiger partial charge in [0.2, 0.25) is 5.91 Å². The molecule has 0 aliphatic carbocycles. The van der Waals surface area contributed by atoms with Crippen molar-refractivity contribution in [1.82, 2.24) is 10.6 Å². The first-order valence-corrected chi connectivity index (χ1v) is 10.1. The highest BCUT2D eigenvalue weighted by Gasteiger charge is 2.25. The SMILES string of the molecule is CN(c1ccccc1)S(=O)(=O)c1ccc(C(=O)NC2CCCNC2=O)cc1. The van der Waals surface area contributed by atoms with Gasteiger partial charge in [0.15, 0.2) is 0 Å². The Morgan fingerprint density at radius 2 is 1.78 bits per heavy atom. The molecule has 1 aliphatic heterocycles. The van der Waals surface area contributed by atoms with Crippen LogP contribution in [0.25, 0.3) is 0 Å². The zero-order valence-electron chi connectivity index (χ0n) is 14.9. The number of carbonyl (C=O) groups is 2. The third-order valence-corrected chi connectivity index (χ3v) is 6.29. The number of nitrogens with zero attached hydrogens (tertiary/aromatic N) is 1. The summed E-state index contributed by atoms with van der Waals surface area (Å²) in [6, 6.07) is 13.9. The Morgan fingerprint density at radius 3 is 2.41 bits per heavy atom. The first-order valence-electron chi connectivity index (χ1n) is 8.62. The minimum absolute atomic E-state index is 0.0841. The molecule has 1 saturated heterocycles. The van der Waals surface area contributed by atoms with E-state index in [4.69, 9.17) is 0 Å². The highest BCUT2D eigenvalue weighted by molar-refractivity contribution is 7.92. The first-order chi connectivity index (χ1) is 12.9. The number of hydrogen-bond acceptors (Lipinski definition) is 4. The van der Waals surface area contributed by atoms with Crippen molar-refractivity contribution in [3.05, 3.63) is 60.2 Å². The lowest BCUT2D eigenvalue weighted by Gasteiger charge is -2.23. The summed E-state index contributed by atoms with van der Waals surface area (Å²) < 4.78 is 26.7. The van der Waals surface area contributed by atoms with Crippen molar-refractivity contribution in [2.24, 2.45) is 0 Å². The summed E-state index contributed by atoms with van der Waals surface area (Å²) in [4.78, 5) is 24.2. The molecule has 142 valence electrons. The molecule has 3 rings (SSSR count). The summed E-state index contributed by atoms with van der Waals surface area (Å²) in [5.74, 6) is -0.601. The van der Waals surface area contributed by atoms with E-state index in [9.17, 15) is 18.0 Å². The van der Waals surface area contributed by atoms with Gasteiger partial charge in [-0.25, -0.2) is 8.42 Å². The Bertz CT molecular complexity index is 927. The molecular formula is C19H21N3O4S. The second kappa shape index (κ2) is 7.79. The van der Waals surface area contributed by atoms with Crippen LogP contribution in [-0.2, 0) is 14.8 Å². The summed E-state index contributed by atoms with van der Waals surface area (Å²) in [6.45, 7) is 0.618. The third-order valence-electron chi connectivity index (χ3n) is 4.49. The average Bonchev–Trinajstić information content (AvgIpc) is 2.70. The predicted octanol–water partition coefficient (Wildman–Crippen LogP) is 1.52. The molecule has 2 amide bonds. The van der Waals surface area contributed by atoms with E-state index >= 15 is 0 Å². The number of para-hydroxylation sites is 1. The molecule has 0 radical (unpaired) electrons. The maximum atomic E-state index is 12.7. The highest BCUT2D eigenvalue weighted by atomic mass is 32.2. The van der Waals surface area contributed by atoms with Crippen LogP contribution in [0.3, 0.4) is 0 Å². The Labute approximate surface area is 158 Å². The van der Waals surface area contributed by atoms with Gasteiger partial charge in [0.1, 0.15) is 6.04 Å². The molecule has 0 spiro atoms. The van der Waals surface area contributed by atoms with Crippen LogP contribution in [0.1, 0.15) is 23.2 Å². The van der Waals surface area contributed by atoms with Gasteiger partial charge in [0.25, 0.3) is 15.9 Å². The standard InChI is InChI=1S/C19H21N3O4S/c1-22(15-6-3-2-4-7-15)27(25,26)16-11-9-14(10-12-16)18(23)21-17-8-5-13-20-19(17)24/h2-4,6-7,9-12,17H,5,8,13H2,1H3,(H,20,24)(H,21,23). The molecule has 0 saturated carbocycles. The summed E-state index contributed by atoms with van der Waals surface area (Å²) in [5, 5.41) is 5.39. The summed E-state index contributed by atoms with van der Waals surface area (Å²) in [5.41, 5.74) is 0.845. The van der Waals surface area contributed by atoms with Crippen molar-refractivity contribution in [2.45, 2.75) is 23.8 Å². The van der Waals surface area contributed by atoms with E-state index in [1.54, 1.807) is 24.3 Å². The van der Waals surface area contributed by atoms with Crippen molar-refractivity contribution in [1.29, 1.82) is 0 Å². The topological polar surface area (TPSA) is 95.6 Å². The minimum atomic E-state index is -3.73. The number of piperidine rings is 1. The van der Waals surface area contributed by atoms with E-state index in [1.165, 1.54) is 35.6 Å². The van der Waals surface area contributed by atoms with E-state index in [1.807, 2.05) is 6.07 Å². The fourth-order valence-electron chi connectivity index (χ4n) is 2.86. The molecular weight excluding hydrogens is 366 g/mol. The van der Waals surface area contributed by atoms with Crippen molar-refractivity contribution < 1.29 is 18.0 Å². The summed E-state index contributed by atoms with van der Waals surface area (Å²) in [6.07, 6.45) is 1.39. The monoisotopic (exact) mass is 387 g/mol. The molecule has 8 heteroatoms. The van der Waals surface area contributed by atoms with Crippen LogP contribution in [0.4, 0.5) is 5.69 Å². The number of amides is 2. The number of nitrogens with one attached hydrogen (secondary N) is 2. The van der Waals surface area contributed by atoms with Crippen LogP contribution < -0.4 is 14.9 Å². The average molecular weight is 387 g/mol. The van der Waals surface area contributed by atoms with Gasteiger partial charge < -0.3 is 10.6 Å². The molecule has 2 aromatic carbocycles. The molecule has 1 unspecified atom stereocenters. The van der Waals surface area contributed by atoms with Gasteiger partial charge >= 0.3 is 0 Å². The Hall–Kier alpha value is -2.87. The van der Waals surface area contributed by atoms with E-state index in [-0.39, 0.29) is 10.8 Å². The van der Waals surface area contributed by atoms with Gasteiger partial charge in [-0.2, -0.15) is 0 Å². The van der Waals surface area contributed by atoms with Crippen LogP contribution in [0.15, 0.2) is 59.5 Å². The van der Waals surface area contributed by atoms with Gasteiger partial charge in [0.05, 0.1) is 10.6 Å². The Kier molecular flexibility index (Phi) is 5.46. The zero-order valence-corrected chi connectivity index (χ0v) is 15.7. The number of hydrogen-bond donors (Lipinski definition) is 2. The number of anilines is 1. The molecule has 2 aromatic rings. The highest BCUT2D eigenvalue weighted by Crippen LogP contribution is 2.22. The molecule has 1 aliphatic rings. The Morgan fingerprint density at radius 1 is 1.11 bits per heavy atom. The van der Waals surface area contributed by atoms with E-state index in [0.29, 0.717) is 24.2 Å². The minimum Gasteiger partial charge on any atom is -0.354 e. The quantitative estimate of drug-likeness (QED) is 0.813. The molecule has 2 N–H and O–H groups in total. The van der Waals surface area contributed by atoms with Crippen molar-refractivity contribution in [2.75, 3.05) is 17.9 Å². The lowest BCUT2D eigenvalue weighted by molar-refractivity contribution is -0.124. The molecule has 7 nitrogen and oxygen atoms in total. The van der Waals surface area contributed by atoms with Crippen molar-refractivity contribution >= 4 is 27.5 Å². The van der Waals surface area contributed by atoms with Gasteiger partial charge in [-0.1, -0.05) is 18.2 Å². The normalized spacial score (nSPS) is 17.1. The smallest absolute Gasteiger partial charge is 0.264 e. The van der Waals surface area contributed by atoms with E-state index in [0.717, 1.165) is 6.42 Å². The van der Waals surface area contributed by atoms with Gasteiger partial charge in [-0.3, -0.25) is 13.9 Å². The van der Waals surface area contributed by atoms with E-state index in [2.05, 4.69) is 10.6 Å². The molecule has 1 fully saturated rings. The number of sulfonamides is 1. The lowest BCUT2D eigenvalue weighted by atomic mass is 10.1. The van der Waals surface area contributed by atoms with Gasteiger partial charge in [0, 0.05) is 19.2 Å². The van der Waals surface area contributed by atoms with Crippen LogP contribution in [0, 0.1) is 0 Å². The molecule has 1 heterocycles. The number of rotatable bonds is 5. The summed E-state index contributed by atoms with van der Waals surface area (Å²) >= 11 is 0. The first kappa shape index (κ1) is 18.9. The zero-order chi connectivity index (χ0) is 19.4. The van der Waals surface area contributed by atoms with Crippen LogP contribution >= 0.6 is 0 Å². The second-order valence-corrected chi connectivity index (χ2v) is 8.26. The van der Waals surface area contributed by atoms with Crippen molar-refractivity contribution in [3.63, 3.8) is 0 Å². The maximum Gasteiger partial charge on any atom is 0.264 e. The third kappa shape index (κ3) is 4.11. The van der Waals surface area contributed by atoms with Crippen LogP contribution in [-0.4, -0.2) is 39.9 Å². The fourth-order valence-corrected chi connectivity index (χ4v) is 4.06. The van der Waals surface area contributed by atoms with Gasteiger partial charge in [-0.15, -0.1) is 0 Å². The summed E-state index contributed by atoms with van der Waals surface area (Å²) in [7, 11) is -2.25. The second-order valence-electron chi connectivity index (χ2n) is 6.29. The predicted molar refractivity (Wildman–Crippen MR) is 102 cm³/mol.